The summed E-state index contributed by atoms with van der Waals surface area (Å²) in [6.45, 7) is 5.95. The lowest BCUT2D eigenvalue weighted by Crippen LogP contribution is -2.40. The molecule has 12 heteroatoms. The topological polar surface area (TPSA) is 127 Å². The number of ether oxygens (including phenoxy) is 1. The minimum atomic E-state index is -2.96. The van der Waals surface area contributed by atoms with Crippen molar-refractivity contribution >= 4 is 34.4 Å². The van der Waals surface area contributed by atoms with E-state index in [1.54, 1.807) is 40.0 Å². The van der Waals surface area contributed by atoms with Gasteiger partial charge >= 0.3 is 6.09 Å². The van der Waals surface area contributed by atoms with Crippen LogP contribution in [0.4, 0.5) is 16.3 Å². The SMILES string of the molecule is Cn1nccc1C(=O)Nc1ccc(N(C2CCN(C(=O)OC(C)(C)C)C2)[SH](=O)=O)cn1. The molecule has 1 unspecified atom stereocenters. The van der Waals surface area contributed by atoms with Gasteiger partial charge in [-0.2, -0.15) is 5.10 Å². The monoisotopic (exact) mass is 450 g/mol. The summed E-state index contributed by atoms with van der Waals surface area (Å²) in [6, 6.07) is 4.23. The Morgan fingerprint density at radius 1 is 1.26 bits per heavy atom. The number of thiol groups is 1. The number of aromatic nitrogens is 3. The van der Waals surface area contributed by atoms with E-state index in [2.05, 4.69) is 15.4 Å². The van der Waals surface area contributed by atoms with Crippen LogP contribution in [-0.4, -0.2) is 64.8 Å². The average Bonchev–Trinajstić information content (AvgIpc) is 3.31. The molecule has 1 fully saturated rings. The molecule has 2 amide bonds. The normalized spacial score (nSPS) is 16.4. The van der Waals surface area contributed by atoms with E-state index in [9.17, 15) is 18.0 Å². The second kappa shape index (κ2) is 8.92. The maximum Gasteiger partial charge on any atom is 0.410 e. The minimum absolute atomic E-state index is 0.219. The molecule has 3 rings (SSSR count). The fraction of sp³-hybridized carbons (Fsp3) is 0.474. The molecule has 0 aromatic carbocycles. The maximum atomic E-state index is 12.3. The standard InChI is InChI=1S/C19H26N6O5S/c1-19(2,3)30-18(27)24-10-8-14(12-24)25(31(28)29)13-5-6-16(20-11-13)22-17(26)15-7-9-21-23(15)4/h5-7,9,11,14,31H,8,10,12H2,1-4H3,(H,20,22,26). The zero-order valence-corrected chi connectivity index (χ0v) is 18.7. The van der Waals surface area contributed by atoms with Gasteiger partial charge in [-0.1, -0.05) is 0 Å². The van der Waals surface area contributed by atoms with Crippen LogP contribution in [0.5, 0.6) is 0 Å². The Morgan fingerprint density at radius 2 is 2.00 bits per heavy atom. The summed E-state index contributed by atoms with van der Waals surface area (Å²) < 4.78 is 32.0. The van der Waals surface area contributed by atoms with Crippen LogP contribution in [0, 0.1) is 0 Å². The summed E-state index contributed by atoms with van der Waals surface area (Å²) >= 11 is 0. The first kappa shape index (κ1) is 22.5. The van der Waals surface area contributed by atoms with Gasteiger partial charge in [0.25, 0.3) is 5.91 Å². The van der Waals surface area contributed by atoms with Crippen LogP contribution in [0.3, 0.4) is 0 Å². The number of aryl methyl sites for hydroxylation is 1. The van der Waals surface area contributed by atoms with Crippen molar-refractivity contribution in [3.05, 3.63) is 36.3 Å². The number of likely N-dealkylation sites (tertiary alicyclic amines) is 1. The van der Waals surface area contributed by atoms with Crippen molar-refractivity contribution in [2.75, 3.05) is 22.7 Å². The van der Waals surface area contributed by atoms with Gasteiger partial charge in [0.05, 0.1) is 17.9 Å². The van der Waals surface area contributed by atoms with Gasteiger partial charge in [-0.25, -0.2) is 18.2 Å². The molecule has 0 bridgehead atoms. The predicted molar refractivity (Wildman–Crippen MR) is 114 cm³/mol. The summed E-state index contributed by atoms with van der Waals surface area (Å²) in [5, 5.41) is 6.59. The van der Waals surface area contributed by atoms with Crippen LogP contribution in [0.15, 0.2) is 30.6 Å². The minimum Gasteiger partial charge on any atom is -0.444 e. The molecule has 168 valence electrons. The van der Waals surface area contributed by atoms with E-state index in [0.717, 1.165) is 0 Å². The Labute approximate surface area is 182 Å². The number of hydrogen-bond acceptors (Lipinski definition) is 7. The molecule has 1 saturated heterocycles. The highest BCUT2D eigenvalue weighted by atomic mass is 32.2. The van der Waals surface area contributed by atoms with E-state index in [0.29, 0.717) is 24.3 Å². The Balaban J connectivity index is 1.69. The third kappa shape index (κ3) is 5.51. The largest absolute Gasteiger partial charge is 0.444 e. The van der Waals surface area contributed by atoms with Crippen molar-refractivity contribution in [2.45, 2.75) is 38.8 Å². The second-order valence-electron chi connectivity index (χ2n) is 8.15. The second-order valence-corrected chi connectivity index (χ2v) is 9.05. The van der Waals surface area contributed by atoms with Crippen LogP contribution >= 0.6 is 0 Å². The van der Waals surface area contributed by atoms with Crippen molar-refractivity contribution in [3.63, 3.8) is 0 Å². The van der Waals surface area contributed by atoms with E-state index in [-0.39, 0.29) is 18.3 Å². The number of rotatable bonds is 5. The molecule has 3 heterocycles. The average molecular weight is 451 g/mol. The number of amides is 2. The molecule has 1 aliphatic heterocycles. The van der Waals surface area contributed by atoms with Crippen LogP contribution in [0.1, 0.15) is 37.7 Å². The summed E-state index contributed by atoms with van der Waals surface area (Å²) in [5.41, 5.74) is 0.0899. The fourth-order valence-electron chi connectivity index (χ4n) is 3.24. The van der Waals surface area contributed by atoms with Gasteiger partial charge in [-0.15, -0.1) is 0 Å². The first-order valence-corrected chi connectivity index (χ1v) is 10.8. The predicted octanol–water partition coefficient (Wildman–Crippen LogP) is 1.41. The van der Waals surface area contributed by atoms with Crippen molar-refractivity contribution in [1.29, 1.82) is 0 Å². The molecular formula is C19H26N6O5S. The van der Waals surface area contributed by atoms with E-state index in [1.807, 2.05) is 0 Å². The number of pyridine rings is 1. The Morgan fingerprint density at radius 3 is 2.55 bits per heavy atom. The first-order valence-electron chi connectivity index (χ1n) is 9.72. The van der Waals surface area contributed by atoms with E-state index in [4.69, 9.17) is 4.74 Å². The molecule has 0 saturated carbocycles. The summed E-state index contributed by atoms with van der Waals surface area (Å²) in [4.78, 5) is 30.2. The number of hydrogen-bond donors (Lipinski definition) is 2. The molecule has 2 aromatic rings. The van der Waals surface area contributed by atoms with Gasteiger partial charge in [-0.3, -0.25) is 13.8 Å². The van der Waals surface area contributed by atoms with E-state index < -0.39 is 28.6 Å². The highest BCUT2D eigenvalue weighted by Crippen LogP contribution is 2.25. The highest BCUT2D eigenvalue weighted by molar-refractivity contribution is 7.74. The van der Waals surface area contributed by atoms with E-state index in [1.165, 1.54) is 32.3 Å². The van der Waals surface area contributed by atoms with Crippen LogP contribution in [0.2, 0.25) is 0 Å². The smallest absolute Gasteiger partial charge is 0.410 e. The molecule has 1 N–H and O–H groups in total. The number of carbonyl (C=O) groups excluding carboxylic acids is 2. The van der Waals surface area contributed by atoms with Crippen LogP contribution in [0.25, 0.3) is 0 Å². The van der Waals surface area contributed by atoms with Gasteiger partial charge in [0, 0.05) is 26.3 Å². The molecule has 2 aromatic heterocycles. The number of nitrogens with one attached hydrogen (secondary N) is 1. The van der Waals surface area contributed by atoms with Gasteiger partial charge in [0.15, 0.2) is 0 Å². The number of carbonyl (C=O) groups is 2. The molecule has 1 atom stereocenters. The molecular weight excluding hydrogens is 424 g/mol. The molecule has 0 radical (unpaired) electrons. The van der Waals surface area contributed by atoms with Gasteiger partial charge in [-0.05, 0) is 45.4 Å². The highest BCUT2D eigenvalue weighted by Gasteiger charge is 2.34. The van der Waals surface area contributed by atoms with Crippen LogP contribution in [-0.2, 0) is 22.7 Å². The fourth-order valence-corrected chi connectivity index (χ4v) is 4.01. The maximum absolute atomic E-state index is 12.3. The zero-order chi connectivity index (χ0) is 22.8. The summed E-state index contributed by atoms with van der Waals surface area (Å²) in [6.07, 6.45) is 2.89. The van der Waals surface area contributed by atoms with Gasteiger partial charge in [0.1, 0.15) is 17.1 Å². The van der Waals surface area contributed by atoms with Crippen molar-refractivity contribution in [2.24, 2.45) is 7.05 Å². The molecule has 31 heavy (non-hydrogen) atoms. The zero-order valence-electron chi connectivity index (χ0n) is 17.8. The number of nitrogens with zero attached hydrogens (tertiary/aromatic N) is 5. The summed E-state index contributed by atoms with van der Waals surface area (Å²) in [5.74, 6) is -0.103. The number of anilines is 2. The summed E-state index contributed by atoms with van der Waals surface area (Å²) in [7, 11) is -1.31. The molecule has 1 aliphatic rings. The molecule has 0 aliphatic carbocycles. The lowest BCUT2D eigenvalue weighted by molar-refractivity contribution is 0.0293. The lowest BCUT2D eigenvalue weighted by Gasteiger charge is -2.26. The molecule has 11 nitrogen and oxygen atoms in total. The first-order chi connectivity index (χ1) is 14.5. The quantitative estimate of drug-likeness (QED) is 0.660. The lowest BCUT2D eigenvalue weighted by atomic mass is 10.2. The van der Waals surface area contributed by atoms with E-state index >= 15 is 0 Å². The molecule has 0 spiro atoms. The van der Waals surface area contributed by atoms with Crippen molar-refractivity contribution < 1.29 is 22.7 Å². The van der Waals surface area contributed by atoms with Crippen molar-refractivity contribution in [3.8, 4) is 0 Å². The third-order valence-corrected chi connectivity index (χ3v) is 5.55. The Bertz CT molecular complexity index is 1020. The van der Waals surface area contributed by atoms with Gasteiger partial charge < -0.3 is 15.0 Å². The Hall–Kier alpha value is -3.15. The Kier molecular flexibility index (Phi) is 6.48. The van der Waals surface area contributed by atoms with Crippen molar-refractivity contribution in [1.82, 2.24) is 19.7 Å². The third-order valence-electron chi connectivity index (χ3n) is 4.64. The van der Waals surface area contributed by atoms with Crippen LogP contribution < -0.4 is 9.62 Å². The van der Waals surface area contributed by atoms with Gasteiger partial charge in [0.2, 0.25) is 10.9 Å².